The maximum atomic E-state index is 12.8. The van der Waals surface area contributed by atoms with Crippen molar-refractivity contribution in [1.82, 2.24) is 0 Å². The van der Waals surface area contributed by atoms with Gasteiger partial charge in [0.05, 0.1) is 6.61 Å². The first kappa shape index (κ1) is 20.4. The fraction of sp³-hybridized carbons (Fsp3) is 1.00. The Hall–Kier alpha value is -0.590. The van der Waals surface area contributed by atoms with Crippen molar-refractivity contribution in [2.45, 2.75) is 24.2 Å². The minimum atomic E-state index is -6.83. The van der Waals surface area contributed by atoms with Gasteiger partial charge in [-0.3, -0.25) is 4.52 Å². The summed E-state index contributed by atoms with van der Waals surface area (Å²) in [6.07, 6.45) is -13.7. The molecule has 0 fully saturated rings. The van der Waals surface area contributed by atoms with Gasteiger partial charge in [0.15, 0.2) is 0 Å². The van der Waals surface area contributed by atoms with Crippen molar-refractivity contribution in [2.24, 2.45) is 5.92 Å². The fourth-order valence-corrected chi connectivity index (χ4v) is 1.35. The molecule has 0 aliphatic carbocycles. The molecular formula is C6H5F10O4P. The van der Waals surface area contributed by atoms with Crippen LogP contribution in [0.5, 0.6) is 0 Å². The zero-order valence-corrected chi connectivity index (χ0v) is 10.1. The zero-order chi connectivity index (χ0) is 17.5. The molecule has 0 spiro atoms. The summed E-state index contributed by atoms with van der Waals surface area (Å²) < 4.78 is 136. The molecule has 0 rings (SSSR count). The van der Waals surface area contributed by atoms with Crippen molar-refractivity contribution < 1.29 is 62.8 Å². The molecular weight excluding hydrogens is 357 g/mol. The van der Waals surface area contributed by atoms with Crippen LogP contribution >= 0.6 is 7.82 Å². The van der Waals surface area contributed by atoms with Gasteiger partial charge in [0.1, 0.15) is 5.92 Å². The molecule has 0 unspecified atom stereocenters. The van der Waals surface area contributed by atoms with Crippen LogP contribution < -0.4 is 0 Å². The molecule has 2 N–H and O–H groups in total. The topological polar surface area (TPSA) is 66.8 Å². The van der Waals surface area contributed by atoms with E-state index in [1.807, 2.05) is 0 Å². The lowest BCUT2D eigenvalue weighted by Gasteiger charge is -2.34. The number of alkyl halides is 10. The van der Waals surface area contributed by atoms with Crippen molar-refractivity contribution >= 4 is 7.82 Å². The number of phosphoric ester groups is 1. The molecule has 0 aliphatic rings. The van der Waals surface area contributed by atoms with Crippen molar-refractivity contribution in [1.29, 1.82) is 0 Å². The third-order valence-electron chi connectivity index (χ3n) is 2.04. The normalized spacial score (nSPS) is 15.7. The summed E-state index contributed by atoms with van der Waals surface area (Å²) >= 11 is 0. The Bertz CT molecular complexity index is 383. The van der Waals surface area contributed by atoms with Gasteiger partial charge in [0, 0.05) is 0 Å². The third kappa shape index (κ3) is 4.69. The second-order valence-corrected chi connectivity index (χ2v) is 4.82. The maximum absolute atomic E-state index is 12.8. The Balaban J connectivity index is 5.77. The number of hydrogen-bond acceptors (Lipinski definition) is 2. The summed E-state index contributed by atoms with van der Waals surface area (Å²) in [5, 5.41) is 0. The summed E-state index contributed by atoms with van der Waals surface area (Å²) in [5.41, 5.74) is 0. The highest BCUT2D eigenvalue weighted by Crippen LogP contribution is 2.53. The second-order valence-electron chi connectivity index (χ2n) is 3.58. The van der Waals surface area contributed by atoms with Crippen molar-refractivity contribution in [3.63, 3.8) is 0 Å². The molecule has 0 saturated carbocycles. The molecule has 21 heavy (non-hydrogen) atoms. The highest BCUT2D eigenvalue weighted by Gasteiger charge is 2.76. The molecule has 15 heteroatoms. The van der Waals surface area contributed by atoms with Gasteiger partial charge in [0.25, 0.3) is 0 Å². The Morgan fingerprint density at radius 3 is 1.29 bits per heavy atom. The molecule has 128 valence electrons. The molecule has 0 heterocycles. The van der Waals surface area contributed by atoms with Crippen LogP contribution in [0.4, 0.5) is 43.9 Å². The van der Waals surface area contributed by atoms with Crippen LogP contribution in [-0.2, 0) is 9.09 Å². The SMILES string of the molecule is O=P(O)(O)OCC(C(F)(F)C(F)(F)F)C(F)(F)C(F)(F)F. The molecule has 0 aromatic rings. The van der Waals surface area contributed by atoms with E-state index >= 15 is 0 Å². The predicted octanol–water partition coefficient (Wildman–Crippen LogP) is 3.11. The van der Waals surface area contributed by atoms with E-state index in [-0.39, 0.29) is 0 Å². The van der Waals surface area contributed by atoms with E-state index in [9.17, 15) is 48.5 Å². The first-order valence-electron chi connectivity index (χ1n) is 4.43. The number of hydrogen-bond donors (Lipinski definition) is 2. The monoisotopic (exact) mass is 362 g/mol. The fourth-order valence-electron chi connectivity index (χ4n) is 1.00. The Labute approximate surface area is 108 Å². The highest BCUT2D eigenvalue weighted by molar-refractivity contribution is 7.46. The molecule has 0 bridgehead atoms. The number of rotatable bonds is 5. The zero-order valence-electron chi connectivity index (χ0n) is 9.22. The molecule has 4 nitrogen and oxygen atoms in total. The van der Waals surface area contributed by atoms with Crippen LogP contribution in [0.1, 0.15) is 0 Å². The maximum Gasteiger partial charge on any atom is 0.469 e. The van der Waals surface area contributed by atoms with Gasteiger partial charge in [-0.05, 0) is 0 Å². The van der Waals surface area contributed by atoms with Crippen LogP contribution in [0.25, 0.3) is 0 Å². The molecule has 0 aromatic carbocycles. The average Bonchev–Trinajstić information content (AvgIpc) is 2.10. The van der Waals surface area contributed by atoms with E-state index in [0.717, 1.165) is 0 Å². The molecule has 0 amide bonds. The lowest BCUT2D eigenvalue weighted by Crippen LogP contribution is -2.58. The average molecular weight is 362 g/mol. The van der Waals surface area contributed by atoms with Crippen molar-refractivity contribution in [3.05, 3.63) is 0 Å². The standard InChI is InChI=1S/C6H5F10O4P/c7-3(8,5(11,12)13)2(1-20-21(17,18)19)4(9,10)6(14,15)16/h2H,1H2,(H2,17,18,19). The van der Waals surface area contributed by atoms with Gasteiger partial charge in [-0.25, -0.2) is 4.57 Å². The van der Waals surface area contributed by atoms with Gasteiger partial charge < -0.3 is 9.79 Å². The molecule has 0 aromatic heterocycles. The second kappa shape index (κ2) is 5.56. The van der Waals surface area contributed by atoms with Gasteiger partial charge in [-0.15, -0.1) is 0 Å². The van der Waals surface area contributed by atoms with E-state index < -0.39 is 44.5 Å². The van der Waals surface area contributed by atoms with Crippen LogP contribution in [0, 0.1) is 5.92 Å². The minimum absolute atomic E-state index is 2.89. The number of phosphoric acid groups is 1. The Morgan fingerprint density at radius 2 is 1.10 bits per heavy atom. The van der Waals surface area contributed by atoms with E-state index in [4.69, 9.17) is 9.79 Å². The summed E-state index contributed by atoms with van der Waals surface area (Å²) in [6, 6.07) is 0. The first-order chi connectivity index (χ1) is 8.84. The first-order valence-corrected chi connectivity index (χ1v) is 5.96. The van der Waals surface area contributed by atoms with Crippen LogP contribution in [0.15, 0.2) is 0 Å². The summed E-state index contributed by atoms with van der Waals surface area (Å²) in [4.78, 5) is 16.1. The van der Waals surface area contributed by atoms with Crippen LogP contribution in [0.2, 0.25) is 0 Å². The lowest BCUT2D eigenvalue weighted by molar-refractivity contribution is -0.375. The third-order valence-corrected chi connectivity index (χ3v) is 2.53. The highest BCUT2D eigenvalue weighted by atomic mass is 31.2. The van der Waals surface area contributed by atoms with Crippen molar-refractivity contribution in [2.75, 3.05) is 6.61 Å². The van der Waals surface area contributed by atoms with Crippen molar-refractivity contribution in [3.8, 4) is 0 Å². The largest absolute Gasteiger partial charge is 0.469 e. The summed E-state index contributed by atoms with van der Waals surface area (Å²) in [5.74, 6) is -18.2. The molecule has 0 atom stereocenters. The van der Waals surface area contributed by atoms with Crippen LogP contribution in [0.3, 0.4) is 0 Å². The van der Waals surface area contributed by atoms with E-state index in [1.165, 1.54) is 0 Å². The Kier molecular flexibility index (Phi) is 5.40. The summed E-state index contributed by atoms with van der Waals surface area (Å²) in [6.45, 7) is -2.89. The smallest absolute Gasteiger partial charge is 0.303 e. The lowest BCUT2D eigenvalue weighted by atomic mass is 9.93. The van der Waals surface area contributed by atoms with E-state index in [2.05, 4.69) is 4.52 Å². The van der Waals surface area contributed by atoms with Crippen LogP contribution in [-0.4, -0.2) is 40.6 Å². The quantitative estimate of drug-likeness (QED) is 0.583. The number of halogens is 10. The molecule has 0 aliphatic heterocycles. The van der Waals surface area contributed by atoms with E-state index in [1.54, 1.807) is 0 Å². The van der Waals surface area contributed by atoms with Gasteiger partial charge in [0.2, 0.25) is 0 Å². The minimum Gasteiger partial charge on any atom is -0.303 e. The predicted molar refractivity (Wildman–Crippen MR) is 43.5 cm³/mol. The van der Waals surface area contributed by atoms with Gasteiger partial charge >= 0.3 is 32.0 Å². The van der Waals surface area contributed by atoms with Gasteiger partial charge in [-0.1, -0.05) is 0 Å². The summed E-state index contributed by atoms with van der Waals surface area (Å²) in [7, 11) is -5.86. The van der Waals surface area contributed by atoms with Gasteiger partial charge in [-0.2, -0.15) is 43.9 Å². The molecule has 0 saturated heterocycles. The van der Waals surface area contributed by atoms with E-state index in [0.29, 0.717) is 0 Å². The molecule has 0 radical (unpaired) electrons. The Morgan fingerprint density at radius 1 is 0.810 bits per heavy atom.